The van der Waals surface area contributed by atoms with Crippen molar-refractivity contribution in [2.75, 3.05) is 11.4 Å². The number of nitrogens with one attached hydrogen (secondary N) is 2. The molecule has 0 bridgehead atoms. The van der Waals surface area contributed by atoms with Crippen molar-refractivity contribution in [1.29, 1.82) is 0 Å². The lowest BCUT2D eigenvalue weighted by molar-refractivity contribution is -0.140. The van der Waals surface area contributed by atoms with Crippen LogP contribution in [0.3, 0.4) is 0 Å². The summed E-state index contributed by atoms with van der Waals surface area (Å²) in [5, 5.41) is 30.0. The second kappa shape index (κ2) is 11.8. The summed E-state index contributed by atoms with van der Waals surface area (Å²) >= 11 is 0. The van der Waals surface area contributed by atoms with Crippen molar-refractivity contribution in [3.8, 4) is 0 Å². The molecule has 0 saturated carbocycles. The van der Waals surface area contributed by atoms with Crippen LogP contribution in [0.4, 0.5) is 5.69 Å². The van der Waals surface area contributed by atoms with Crippen molar-refractivity contribution in [3.63, 3.8) is 0 Å². The Balaban J connectivity index is 1.76. The first kappa shape index (κ1) is 26.1. The van der Waals surface area contributed by atoms with Crippen LogP contribution < -0.4 is 15.8 Å². The summed E-state index contributed by atoms with van der Waals surface area (Å²) in [6.07, 6.45) is 1.10. The number of aromatic amines is 1. The number of benzene rings is 2. The quantitative estimate of drug-likeness (QED) is 0.235. The fourth-order valence-electron chi connectivity index (χ4n) is 3.64. The molecule has 0 aliphatic carbocycles. The molecule has 11 nitrogen and oxygen atoms in total. The number of aliphatic hydroxyl groups excluding tert-OH is 1. The summed E-state index contributed by atoms with van der Waals surface area (Å²) in [6, 6.07) is 10.4. The van der Waals surface area contributed by atoms with E-state index in [0.29, 0.717) is 24.0 Å². The van der Waals surface area contributed by atoms with Gasteiger partial charge in [-0.25, -0.2) is 9.78 Å². The smallest absolute Gasteiger partial charge is 0.326 e. The molecule has 188 valence electrons. The van der Waals surface area contributed by atoms with Crippen LogP contribution in [0.2, 0.25) is 0 Å². The van der Waals surface area contributed by atoms with Crippen LogP contribution >= 0.6 is 0 Å². The molecular weight excluding hydrogens is 468 g/mol. The molecule has 1 heterocycles. The fraction of sp³-hybridized carbons (Fsp3) is 0.240. The summed E-state index contributed by atoms with van der Waals surface area (Å²) in [7, 11) is 0. The zero-order chi connectivity index (χ0) is 26.2. The number of rotatable bonds is 12. The van der Waals surface area contributed by atoms with Gasteiger partial charge in [0, 0.05) is 30.8 Å². The van der Waals surface area contributed by atoms with Crippen LogP contribution in [-0.4, -0.2) is 55.7 Å². The van der Waals surface area contributed by atoms with Gasteiger partial charge in [-0.15, -0.1) is 6.58 Å². The van der Waals surface area contributed by atoms with E-state index in [0.717, 1.165) is 11.3 Å². The first-order valence-corrected chi connectivity index (χ1v) is 11.1. The van der Waals surface area contributed by atoms with Crippen molar-refractivity contribution in [2.24, 2.45) is 0 Å². The highest BCUT2D eigenvalue weighted by Gasteiger charge is 2.21. The van der Waals surface area contributed by atoms with Gasteiger partial charge in [-0.3, -0.25) is 14.4 Å². The van der Waals surface area contributed by atoms with Crippen LogP contribution in [0.5, 0.6) is 0 Å². The summed E-state index contributed by atoms with van der Waals surface area (Å²) in [6.45, 7) is 4.31. The number of carboxylic acid groups (broad SMARTS) is 2. The highest BCUT2D eigenvalue weighted by atomic mass is 16.4. The topological polar surface area (TPSA) is 173 Å². The Morgan fingerprint density at radius 2 is 1.86 bits per heavy atom. The Morgan fingerprint density at radius 1 is 1.14 bits per heavy atom. The normalized spacial score (nSPS) is 11.6. The van der Waals surface area contributed by atoms with Gasteiger partial charge in [-0.1, -0.05) is 12.1 Å². The number of hydrogen-bond donors (Lipinski definition) is 5. The number of nitrogens with zero attached hydrogens (tertiary/aromatic N) is 2. The van der Waals surface area contributed by atoms with E-state index in [1.807, 2.05) is 11.0 Å². The second-order valence-corrected chi connectivity index (χ2v) is 8.04. The first-order chi connectivity index (χ1) is 17.2. The van der Waals surface area contributed by atoms with Crippen molar-refractivity contribution >= 4 is 34.4 Å². The Kier molecular flexibility index (Phi) is 8.52. The van der Waals surface area contributed by atoms with Crippen molar-refractivity contribution in [1.82, 2.24) is 15.3 Å². The largest absolute Gasteiger partial charge is 0.481 e. The highest BCUT2D eigenvalue weighted by molar-refractivity contribution is 5.97. The number of aliphatic hydroxyl groups is 1. The molecule has 0 saturated heterocycles. The summed E-state index contributed by atoms with van der Waals surface area (Å²) in [5.41, 5.74) is 1.94. The minimum Gasteiger partial charge on any atom is -0.481 e. The molecule has 1 atom stereocenters. The van der Waals surface area contributed by atoms with Crippen molar-refractivity contribution in [3.05, 3.63) is 82.4 Å². The van der Waals surface area contributed by atoms with Gasteiger partial charge < -0.3 is 30.5 Å². The molecule has 0 radical (unpaired) electrons. The third-order valence-corrected chi connectivity index (χ3v) is 5.44. The Labute approximate surface area is 205 Å². The summed E-state index contributed by atoms with van der Waals surface area (Å²) < 4.78 is 0. The zero-order valence-electron chi connectivity index (χ0n) is 19.3. The molecule has 0 spiro atoms. The number of amides is 1. The molecule has 1 amide bonds. The monoisotopic (exact) mass is 494 g/mol. The van der Waals surface area contributed by atoms with E-state index < -0.39 is 23.9 Å². The van der Waals surface area contributed by atoms with Crippen LogP contribution in [0.15, 0.2) is 59.9 Å². The summed E-state index contributed by atoms with van der Waals surface area (Å²) in [5.74, 6) is -2.90. The van der Waals surface area contributed by atoms with Gasteiger partial charge in [0.2, 0.25) is 0 Å². The second-order valence-electron chi connectivity index (χ2n) is 8.04. The SMILES string of the molecule is C=CCN(Cc1ccc2nc(CO)[nH]c(=O)c2c1)c1ccc(C(=O)N[C@@H](CCC(=O)O)C(=O)O)cc1. The van der Waals surface area contributed by atoms with Gasteiger partial charge in [0.15, 0.2) is 0 Å². The average Bonchev–Trinajstić information content (AvgIpc) is 2.86. The number of fused-ring (bicyclic) bond motifs is 1. The molecule has 3 aromatic rings. The molecule has 11 heteroatoms. The minimum atomic E-state index is -1.32. The Bertz CT molecular complexity index is 1330. The van der Waals surface area contributed by atoms with Crippen LogP contribution in [-0.2, 0) is 22.7 Å². The Hall–Kier alpha value is -4.51. The lowest BCUT2D eigenvalue weighted by Gasteiger charge is -2.24. The van der Waals surface area contributed by atoms with Gasteiger partial charge in [-0.05, 0) is 48.4 Å². The number of aromatic nitrogens is 2. The van der Waals surface area contributed by atoms with Crippen LogP contribution in [0.1, 0.15) is 34.6 Å². The van der Waals surface area contributed by atoms with E-state index in [2.05, 4.69) is 21.9 Å². The minimum absolute atomic E-state index is 0.189. The molecular formula is C25H26N4O7. The predicted octanol–water partition coefficient (Wildman–Crippen LogP) is 1.66. The van der Waals surface area contributed by atoms with E-state index in [9.17, 15) is 29.4 Å². The summed E-state index contributed by atoms with van der Waals surface area (Å²) in [4.78, 5) is 55.6. The van der Waals surface area contributed by atoms with Gasteiger partial charge in [-0.2, -0.15) is 0 Å². The van der Waals surface area contributed by atoms with Gasteiger partial charge >= 0.3 is 11.9 Å². The number of H-pyrrole nitrogens is 1. The van der Waals surface area contributed by atoms with Gasteiger partial charge in [0.1, 0.15) is 18.5 Å². The van der Waals surface area contributed by atoms with E-state index in [1.54, 1.807) is 42.5 Å². The predicted molar refractivity (Wildman–Crippen MR) is 132 cm³/mol. The van der Waals surface area contributed by atoms with Gasteiger partial charge in [0.25, 0.3) is 11.5 Å². The molecule has 36 heavy (non-hydrogen) atoms. The van der Waals surface area contributed by atoms with E-state index >= 15 is 0 Å². The van der Waals surface area contributed by atoms with Crippen LogP contribution in [0, 0.1) is 0 Å². The molecule has 0 aliphatic heterocycles. The average molecular weight is 495 g/mol. The van der Waals surface area contributed by atoms with Crippen molar-refractivity contribution < 1.29 is 29.7 Å². The number of carboxylic acids is 2. The maximum atomic E-state index is 12.5. The number of anilines is 1. The number of hydrogen-bond acceptors (Lipinski definition) is 7. The van der Waals surface area contributed by atoms with E-state index in [4.69, 9.17) is 5.11 Å². The zero-order valence-corrected chi connectivity index (χ0v) is 19.3. The molecule has 5 N–H and O–H groups in total. The Morgan fingerprint density at radius 3 is 2.47 bits per heavy atom. The molecule has 2 aromatic carbocycles. The van der Waals surface area contributed by atoms with Crippen molar-refractivity contribution in [2.45, 2.75) is 32.0 Å². The van der Waals surface area contributed by atoms with Gasteiger partial charge in [0.05, 0.1) is 10.9 Å². The maximum Gasteiger partial charge on any atom is 0.326 e. The third-order valence-electron chi connectivity index (χ3n) is 5.44. The molecule has 0 unspecified atom stereocenters. The maximum absolute atomic E-state index is 12.5. The highest BCUT2D eigenvalue weighted by Crippen LogP contribution is 2.20. The first-order valence-electron chi connectivity index (χ1n) is 11.1. The lowest BCUT2D eigenvalue weighted by Crippen LogP contribution is -2.41. The van der Waals surface area contributed by atoms with E-state index in [-0.39, 0.29) is 36.4 Å². The molecule has 0 fully saturated rings. The number of aliphatic carboxylic acids is 2. The molecule has 1 aromatic heterocycles. The van der Waals surface area contributed by atoms with E-state index in [1.165, 1.54) is 0 Å². The fourth-order valence-corrected chi connectivity index (χ4v) is 3.64. The lowest BCUT2D eigenvalue weighted by atomic mass is 10.1. The molecule has 3 rings (SSSR count). The number of carbonyl (C=O) groups is 3. The molecule has 0 aliphatic rings. The standard InChI is InChI=1S/C25H26N4O7/c1-2-11-29(13-15-3-8-19-18(12-15)24(34)28-21(14-30)26-19)17-6-4-16(5-7-17)23(33)27-20(25(35)36)9-10-22(31)32/h2-8,12,20,30H,1,9-11,13-14H2,(H,27,33)(H,31,32)(H,35,36)(H,26,28,34)/t20-/m0/s1. The number of carbonyl (C=O) groups excluding carboxylic acids is 1. The van der Waals surface area contributed by atoms with Crippen LogP contribution in [0.25, 0.3) is 10.9 Å². The third kappa shape index (κ3) is 6.54.